The van der Waals surface area contributed by atoms with Crippen LogP contribution in [0.4, 0.5) is 5.69 Å². The van der Waals surface area contributed by atoms with Crippen LogP contribution in [0.5, 0.6) is 0 Å². The van der Waals surface area contributed by atoms with Crippen molar-refractivity contribution in [2.45, 2.75) is 6.42 Å². The summed E-state index contributed by atoms with van der Waals surface area (Å²) in [5.41, 5.74) is 2.39. The molecule has 0 aliphatic carbocycles. The Balaban J connectivity index is 2.17. The Morgan fingerprint density at radius 3 is 3.07 bits per heavy atom. The summed E-state index contributed by atoms with van der Waals surface area (Å²) >= 11 is 0. The molecule has 3 nitrogen and oxygen atoms in total. The zero-order valence-corrected chi connectivity index (χ0v) is 8.21. The zero-order valence-electron chi connectivity index (χ0n) is 8.21. The molecule has 0 saturated carbocycles. The molecule has 3 heteroatoms. The van der Waals surface area contributed by atoms with Crippen molar-refractivity contribution in [3.05, 3.63) is 29.8 Å². The second-order valence-electron chi connectivity index (χ2n) is 3.55. The number of carbonyl (C=O) groups excluding carboxylic acids is 1. The van der Waals surface area contributed by atoms with E-state index >= 15 is 0 Å². The highest BCUT2D eigenvalue weighted by molar-refractivity contribution is 5.80. The van der Waals surface area contributed by atoms with Crippen molar-refractivity contribution in [1.82, 2.24) is 5.32 Å². The summed E-state index contributed by atoms with van der Waals surface area (Å²) in [7, 11) is 1.68. The van der Waals surface area contributed by atoms with Crippen LogP contribution in [0.15, 0.2) is 24.3 Å². The number of nitrogens with one attached hydrogen (secondary N) is 2. The van der Waals surface area contributed by atoms with E-state index in [9.17, 15) is 4.79 Å². The van der Waals surface area contributed by atoms with E-state index in [4.69, 9.17) is 0 Å². The molecule has 14 heavy (non-hydrogen) atoms. The molecule has 2 N–H and O–H groups in total. The molecule has 1 aromatic carbocycles. The molecule has 1 heterocycles. The minimum atomic E-state index is 0.0647. The Kier molecular flexibility index (Phi) is 2.39. The second-order valence-corrected chi connectivity index (χ2v) is 3.55. The third kappa shape index (κ3) is 1.58. The molecule has 1 aliphatic rings. The van der Waals surface area contributed by atoms with Gasteiger partial charge in [-0.1, -0.05) is 18.2 Å². The Bertz CT molecular complexity index is 349. The largest absolute Gasteiger partial charge is 0.384 e. The second kappa shape index (κ2) is 3.70. The maximum absolute atomic E-state index is 11.4. The number of carbonyl (C=O) groups is 1. The Morgan fingerprint density at radius 1 is 1.50 bits per heavy atom. The van der Waals surface area contributed by atoms with Crippen LogP contribution in [0, 0.1) is 5.92 Å². The first-order chi connectivity index (χ1) is 6.81. The van der Waals surface area contributed by atoms with E-state index in [0.717, 1.165) is 18.7 Å². The number of hydrogen-bond acceptors (Lipinski definition) is 2. The number of amides is 1. The number of anilines is 1. The minimum Gasteiger partial charge on any atom is -0.384 e. The fourth-order valence-electron chi connectivity index (χ4n) is 1.83. The third-order valence-electron chi connectivity index (χ3n) is 2.64. The molecular weight excluding hydrogens is 176 g/mol. The average Bonchev–Trinajstić information content (AvgIpc) is 2.27. The Labute approximate surface area is 83.5 Å². The van der Waals surface area contributed by atoms with Gasteiger partial charge in [0.25, 0.3) is 0 Å². The van der Waals surface area contributed by atoms with Gasteiger partial charge in [-0.05, 0) is 18.1 Å². The maximum atomic E-state index is 11.4. The van der Waals surface area contributed by atoms with Gasteiger partial charge in [0.2, 0.25) is 5.91 Å². The van der Waals surface area contributed by atoms with Gasteiger partial charge in [0.15, 0.2) is 0 Å². The molecule has 0 bridgehead atoms. The maximum Gasteiger partial charge on any atom is 0.224 e. The number of hydrogen-bond donors (Lipinski definition) is 2. The summed E-state index contributed by atoms with van der Waals surface area (Å²) in [4.78, 5) is 11.4. The normalized spacial score (nSPS) is 19.4. The lowest BCUT2D eigenvalue weighted by Gasteiger charge is -2.24. The van der Waals surface area contributed by atoms with Crippen molar-refractivity contribution in [2.24, 2.45) is 5.92 Å². The van der Waals surface area contributed by atoms with Gasteiger partial charge >= 0.3 is 0 Å². The monoisotopic (exact) mass is 190 g/mol. The van der Waals surface area contributed by atoms with Crippen LogP contribution < -0.4 is 10.6 Å². The van der Waals surface area contributed by atoms with Gasteiger partial charge in [-0.15, -0.1) is 0 Å². The fourth-order valence-corrected chi connectivity index (χ4v) is 1.83. The molecule has 0 radical (unpaired) electrons. The number of rotatable bonds is 1. The van der Waals surface area contributed by atoms with Gasteiger partial charge in [-0.25, -0.2) is 0 Å². The molecule has 2 rings (SSSR count). The molecule has 0 spiro atoms. The first-order valence-corrected chi connectivity index (χ1v) is 4.84. The summed E-state index contributed by atoms with van der Waals surface area (Å²) in [5, 5.41) is 5.95. The first-order valence-electron chi connectivity index (χ1n) is 4.84. The standard InChI is InChI=1S/C11H14N2O/c1-12-11(14)9-6-8-4-2-3-5-10(8)13-7-9/h2-5,9,13H,6-7H2,1H3,(H,12,14)/t9-/m0/s1. The van der Waals surface area contributed by atoms with E-state index in [1.54, 1.807) is 7.05 Å². The van der Waals surface area contributed by atoms with Crippen LogP contribution in [-0.4, -0.2) is 19.5 Å². The smallest absolute Gasteiger partial charge is 0.224 e. The predicted octanol–water partition coefficient (Wildman–Crippen LogP) is 1.02. The molecule has 1 amide bonds. The van der Waals surface area contributed by atoms with Crippen LogP contribution in [0.2, 0.25) is 0 Å². The van der Waals surface area contributed by atoms with Crippen LogP contribution in [0.1, 0.15) is 5.56 Å². The summed E-state index contributed by atoms with van der Waals surface area (Å²) in [6, 6.07) is 8.13. The molecule has 0 saturated heterocycles. The molecule has 0 unspecified atom stereocenters. The van der Waals surface area contributed by atoms with Crippen LogP contribution in [0.25, 0.3) is 0 Å². The summed E-state index contributed by atoms with van der Waals surface area (Å²) in [5.74, 6) is 0.182. The van der Waals surface area contributed by atoms with Gasteiger partial charge in [0.05, 0.1) is 5.92 Å². The van der Waals surface area contributed by atoms with Gasteiger partial charge in [-0.3, -0.25) is 4.79 Å². The number of fused-ring (bicyclic) bond motifs is 1. The first kappa shape index (κ1) is 9.06. The van der Waals surface area contributed by atoms with E-state index in [1.165, 1.54) is 5.56 Å². The van der Waals surface area contributed by atoms with E-state index in [-0.39, 0.29) is 11.8 Å². The Morgan fingerprint density at radius 2 is 2.29 bits per heavy atom. The number of para-hydroxylation sites is 1. The lowest BCUT2D eigenvalue weighted by molar-refractivity contribution is -0.124. The zero-order chi connectivity index (χ0) is 9.97. The van der Waals surface area contributed by atoms with Gasteiger partial charge in [0, 0.05) is 19.3 Å². The quantitative estimate of drug-likeness (QED) is 0.694. The topological polar surface area (TPSA) is 41.1 Å². The highest BCUT2D eigenvalue weighted by Gasteiger charge is 2.22. The van der Waals surface area contributed by atoms with E-state index < -0.39 is 0 Å². The number of benzene rings is 1. The molecule has 1 atom stereocenters. The molecule has 1 aromatic rings. The van der Waals surface area contributed by atoms with Gasteiger partial charge in [-0.2, -0.15) is 0 Å². The lowest BCUT2D eigenvalue weighted by atomic mass is 9.93. The summed E-state index contributed by atoms with van der Waals surface area (Å²) in [6.45, 7) is 0.733. The van der Waals surface area contributed by atoms with Crippen LogP contribution in [0.3, 0.4) is 0 Å². The molecule has 0 aromatic heterocycles. The molecule has 0 fully saturated rings. The third-order valence-corrected chi connectivity index (χ3v) is 2.64. The van der Waals surface area contributed by atoms with Crippen molar-refractivity contribution in [3.63, 3.8) is 0 Å². The van der Waals surface area contributed by atoms with Crippen LogP contribution >= 0.6 is 0 Å². The van der Waals surface area contributed by atoms with Crippen molar-refractivity contribution in [1.29, 1.82) is 0 Å². The predicted molar refractivity (Wildman–Crippen MR) is 56.2 cm³/mol. The minimum absolute atomic E-state index is 0.0647. The van der Waals surface area contributed by atoms with Gasteiger partial charge in [0.1, 0.15) is 0 Å². The molecule has 74 valence electrons. The van der Waals surface area contributed by atoms with Gasteiger partial charge < -0.3 is 10.6 Å². The van der Waals surface area contributed by atoms with Crippen molar-refractivity contribution >= 4 is 11.6 Å². The van der Waals surface area contributed by atoms with Crippen molar-refractivity contribution < 1.29 is 4.79 Å². The van der Waals surface area contributed by atoms with E-state index in [2.05, 4.69) is 22.8 Å². The van der Waals surface area contributed by atoms with Crippen molar-refractivity contribution in [2.75, 3.05) is 18.9 Å². The highest BCUT2D eigenvalue weighted by atomic mass is 16.1. The molecule has 1 aliphatic heterocycles. The van der Waals surface area contributed by atoms with Crippen molar-refractivity contribution in [3.8, 4) is 0 Å². The Hall–Kier alpha value is -1.51. The van der Waals surface area contributed by atoms with E-state index in [1.807, 2.05) is 12.1 Å². The average molecular weight is 190 g/mol. The summed E-state index contributed by atoms with van der Waals surface area (Å²) < 4.78 is 0. The van der Waals surface area contributed by atoms with Crippen LogP contribution in [-0.2, 0) is 11.2 Å². The van der Waals surface area contributed by atoms with E-state index in [0.29, 0.717) is 0 Å². The lowest BCUT2D eigenvalue weighted by Crippen LogP contribution is -2.36. The fraction of sp³-hybridized carbons (Fsp3) is 0.364. The SMILES string of the molecule is CNC(=O)[C@@H]1CNc2ccccc2C1. The highest BCUT2D eigenvalue weighted by Crippen LogP contribution is 2.23. The summed E-state index contributed by atoms with van der Waals surface area (Å²) in [6.07, 6.45) is 0.836. The molecular formula is C11H14N2O.